The number of hydrogen-bond donors (Lipinski definition) is 1. The van der Waals surface area contributed by atoms with E-state index >= 15 is 0 Å². The molecule has 0 aliphatic heterocycles. The van der Waals surface area contributed by atoms with Crippen LogP contribution in [0.4, 0.5) is 22.0 Å². The van der Waals surface area contributed by atoms with Crippen molar-refractivity contribution in [2.24, 2.45) is 0 Å². The molecule has 9 heteroatoms. The smallest absolute Gasteiger partial charge is 0.207 e. The van der Waals surface area contributed by atoms with E-state index in [0.717, 1.165) is 0 Å². The van der Waals surface area contributed by atoms with Crippen LogP contribution in [-0.4, -0.2) is 37.4 Å². The number of benzene rings is 1. The molecular formula is C17H22F5NO3. The van der Waals surface area contributed by atoms with E-state index in [4.69, 9.17) is 9.47 Å². The summed E-state index contributed by atoms with van der Waals surface area (Å²) in [6.07, 6.45) is 0.0580. The fourth-order valence-corrected chi connectivity index (χ4v) is 2.09. The SMILES string of the molecule is CC(C)(COCC(C)(C)OCCc1c(F)c(F)c(F)c(F)c1F)NC=O. The maximum Gasteiger partial charge on any atom is 0.207 e. The first-order valence-electron chi connectivity index (χ1n) is 7.85. The summed E-state index contributed by atoms with van der Waals surface area (Å²) < 4.78 is 77.4. The van der Waals surface area contributed by atoms with Crippen LogP contribution in [0.5, 0.6) is 0 Å². The first-order valence-corrected chi connectivity index (χ1v) is 7.85. The molecule has 0 aliphatic carbocycles. The van der Waals surface area contributed by atoms with Gasteiger partial charge in [0.1, 0.15) is 0 Å². The lowest BCUT2D eigenvalue weighted by molar-refractivity contribution is -0.112. The Balaban J connectivity index is 2.61. The zero-order valence-electron chi connectivity index (χ0n) is 15.0. The van der Waals surface area contributed by atoms with E-state index in [9.17, 15) is 26.7 Å². The Morgan fingerprint density at radius 1 is 0.885 bits per heavy atom. The highest BCUT2D eigenvalue weighted by molar-refractivity contribution is 5.47. The molecule has 0 aromatic heterocycles. The van der Waals surface area contributed by atoms with Crippen molar-refractivity contribution in [1.29, 1.82) is 0 Å². The summed E-state index contributed by atoms with van der Waals surface area (Å²) in [5.74, 6) is -9.87. The molecule has 0 bridgehead atoms. The van der Waals surface area contributed by atoms with E-state index in [2.05, 4.69) is 5.32 Å². The third-order valence-electron chi connectivity index (χ3n) is 3.51. The molecule has 4 nitrogen and oxygen atoms in total. The second-order valence-electron chi connectivity index (χ2n) is 7.05. The highest BCUT2D eigenvalue weighted by Gasteiger charge is 2.27. The summed E-state index contributed by atoms with van der Waals surface area (Å²) in [6.45, 7) is 6.79. The highest BCUT2D eigenvalue weighted by atomic mass is 19.2. The van der Waals surface area contributed by atoms with Gasteiger partial charge < -0.3 is 14.8 Å². The van der Waals surface area contributed by atoms with E-state index in [0.29, 0.717) is 6.41 Å². The Morgan fingerprint density at radius 3 is 1.88 bits per heavy atom. The molecule has 0 saturated heterocycles. The van der Waals surface area contributed by atoms with Crippen molar-refractivity contribution >= 4 is 6.41 Å². The van der Waals surface area contributed by atoms with Crippen molar-refractivity contribution in [3.05, 3.63) is 34.6 Å². The zero-order chi connectivity index (χ0) is 20.1. The second kappa shape index (κ2) is 8.77. The summed E-state index contributed by atoms with van der Waals surface area (Å²) in [6, 6.07) is 0. The molecule has 1 N–H and O–H groups in total. The van der Waals surface area contributed by atoms with Crippen LogP contribution in [0.25, 0.3) is 0 Å². The molecular weight excluding hydrogens is 361 g/mol. The molecule has 1 rings (SSSR count). The summed E-state index contributed by atoms with van der Waals surface area (Å²) in [7, 11) is 0. The molecule has 0 spiro atoms. The van der Waals surface area contributed by atoms with Gasteiger partial charge in [-0.05, 0) is 27.7 Å². The minimum absolute atomic E-state index is 0.0913. The predicted octanol–water partition coefficient (Wildman–Crippen LogP) is 3.26. The average molecular weight is 383 g/mol. The lowest BCUT2D eigenvalue weighted by atomic mass is 10.1. The number of amides is 1. The molecule has 0 saturated carbocycles. The summed E-state index contributed by atoms with van der Waals surface area (Å²) in [5, 5.41) is 2.57. The number of halogens is 5. The van der Waals surface area contributed by atoms with Gasteiger partial charge in [-0.15, -0.1) is 0 Å². The average Bonchev–Trinajstić information content (AvgIpc) is 2.53. The number of carbonyl (C=O) groups excluding carboxylic acids is 1. The Labute approximate surface area is 148 Å². The second-order valence-corrected chi connectivity index (χ2v) is 7.05. The molecule has 1 aromatic carbocycles. The minimum Gasteiger partial charge on any atom is -0.376 e. The third kappa shape index (κ3) is 5.91. The fourth-order valence-electron chi connectivity index (χ4n) is 2.09. The van der Waals surface area contributed by atoms with E-state index in [-0.39, 0.29) is 19.8 Å². The number of ether oxygens (including phenoxy) is 2. The normalized spacial score (nSPS) is 12.3. The van der Waals surface area contributed by atoms with Crippen LogP contribution < -0.4 is 5.32 Å². The van der Waals surface area contributed by atoms with Gasteiger partial charge in [0.2, 0.25) is 12.2 Å². The molecule has 1 aromatic rings. The van der Waals surface area contributed by atoms with Gasteiger partial charge >= 0.3 is 0 Å². The number of carbonyl (C=O) groups is 1. The van der Waals surface area contributed by atoms with Gasteiger partial charge in [0.25, 0.3) is 0 Å². The Kier molecular flexibility index (Phi) is 7.52. The molecule has 0 atom stereocenters. The van der Waals surface area contributed by atoms with E-state index in [1.807, 2.05) is 0 Å². The van der Waals surface area contributed by atoms with Gasteiger partial charge in [0, 0.05) is 12.0 Å². The van der Waals surface area contributed by atoms with Crippen molar-refractivity contribution in [2.45, 2.75) is 45.3 Å². The first-order chi connectivity index (χ1) is 11.9. The first kappa shape index (κ1) is 22.3. The number of nitrogens with one attached hydrogen (secondary N) is 1. The van der Waals surface area contributed by atoms with Gasteiger partial charge in [0.05, 0.1) is 31.0 Å². The predicted molar refractivity (Wildman–Crippen MR) is 84.1 cm³/mol. The van der Waals surface area contributed by atoms with Crippen molar-refractivity contribution in [1.82, 2.24) is 5.32 Å². The Bertz CT molecular complexity index is 621. The molecule has 0 unspecified atom stereocenters. The van der Waals surface area contributed by atoms with Gasteiger partial charge in [-0.1, -0.05) is 0 Å². The van der Waals surface area contributed by atoms with E-state index < -0.39 is 52.2 Å². The quantitative estimate of drug-likeness (QED) is 0.292. The molecule has 0 heterocycles. The lowest BCUT2D eigenvalue weighted by Gasteiger charge is -2.29. The molecule has 0 radical (unpaired) electrons. The zero-order valence-corrected chi connectivity index (χ0v) is 15.0. The van der Waals surface area contributed by atoms with Crippen molar-refractivity contribution in [3.8, 4) is 0 Å². The molecule has 0 aliphatic rings. The molecule has 148 valence electrons. The molecule has 26 heavy (non-hydrogen) atoms. The van der Waals surface area contributed by atoms with Gasteiger partial charge in [-0.25, -0.2) is 22.0 Å². The van der Waals surface area contributed by atoms with Crippen LogP contribution >= 0.6 is 0 Å². The van der Waals surface area contributed by atoms with Crippen LogP contribution in [0.15, 0.2) is 0 Å². The number of hydrogen-bond acceptors (Lipinski definition) is 3. The fraction of sp³-hybridized carbons (Fsp3) is 0.588. The standard InChI is InChI=1S/C17H22F5NO3/c1-16(2,23-9-24)7-25-8-17(3,4)26-6-5-10-11(18)13(20)15(22)14(21)12(10)19/h9H,5-8H2,1-4H3,(H,23,24). The minimum atomic E-state index is -2.19. The monoisotopic (exact) mass is 383 g/mol. The van der Waals surface area contributed by atoms with Crippen molar-refractivity contribution < 1.29 is 36.2 Å². The Morgan fingerprint density at radius 2 is 1.38 bits per heavy atom. The summed E-state index contributed by atoms with van der Waals surface area (Å²) in [4.78, 5) is 10.5. The lowest BCUT2D eigenvalue weighted by Crippen LogP contribution is -2.44. The van der Waals surface area contributed by atoms with Gasteiger partial charge in [-0.2, -0.15) is 0 Å². The maximum atomic E-state index is 13.6. The summed E-state index contributed by atoms with van der Waals surface area (Å²) >= 11 is 0. The largest absolute Gasteiger partial charge is 0.376 e. The number of rotatable bonds is 10. The van der Waals surface area contributed by atoms with E-state index in [1.165, 1.54) is 0 Å². The highest BCUT2D eigenvalue weighted by Crippen LogP contribution is 2.24. The van der Waals surface area contributed by atoms with Crippen molar-refractivity contribution in [3.63, 3.8) is 0 Å². The topological polar surface area (TPSA) is 47.6 Å². The third-order valence-corrected chi connectivity index (χ3v) is 3.51. The summed E-state index contributed by atoms with van der Waals surface area (Å²) in [5.41, 5.74) is -2.39. The van der Waals surface area contributed by atoms with Gasteiger partial charge in [-0.3, -0.25) is 4.79 Å². The maximum absolute atomic E-state index is 13.6. The Hall–Kier alpha value is -1.74. The molecule has 0 fully saturated rings. The van der Waals surface area contributed by atoms with Crippen molar-refractivity contribution in [2.75, 3.05) is 19.8 Å². The van der Waals surface area contributed by atoms with Crippen LogP contribution in [-0.2, 0) is 20.7 Å². The molecule has 1 amide bonds. The van der Waals surface area contributed by atoms with Gasteiger partial charge in [0.15, 0.2) is 23.3 Å². The van der Waals surface area contributed by atoms with Crippen LogP contribution in [0.2, 0.25) is 0 Å². The van der Waals surface area contributed by atoms with Crippen LogP contribution in [0.1, 0.15) is 33.3 Å². The van der Waals surface area contributed by atoms with E-state index in [1.54, 1.807) is 27.7 Å². The van der Waals surface area contributed by atoms with Crippen LogP contribution in [0, 0.1) is 29.1 Å². The van der Waals surface area contributed by atoms with Crippen LogP contribution in [0.3, 0.4) is 0 Å².